The van der Waals surface area contributed by atoms with Crippen LogP contribution in [-0.4, -0.2) is 11.7 Å². The smallest absolute Gasteiger partial charge is 0.255 e. The summed E-state index contributed by atoms with van der Waals surface area (Å²) >= 11 is 0. The molecule has 0 unspecified atom stereocenters. The van der Waals surface area contributed by atoms with E-state index in [4.69, 9.17) is 0 Å². The molecule has 0 aliphatic carbocycles. The van der Waals surface area contributed by atoms with E-state index >= 15 is 0 Å². The Hall–Kier alpha value is -3.20. The van der Waals surface area contributed by atoms with Crippen molar-refractivity contribution < 1.29 is 9.59 Å². The van der Waals surface area contributed by atoms with Crippen molar-refractivity contribution in [2.24, 2.45) is 0 Å². The van der Waals surface area contributed by atoms with Crippen molar-refractivity contribution in [1.29, 1.82) is 0 Å². The second-order valence-electron chi connectivity index (χ2n) is 5.49. The summed E-state index contributed by atoms with van der Waals surface area (Å²) in [6.07, 6.45) is 0.305. The van der Waals surface area contributed by atoms with Crippen molar-refractivity contribution in [3.63, 3.8) is 0 Å². The molecule has 0 aliphatic heterocycles. The minimum atomic E-state index is -0.165. The molecule has 3 aromatic rings. The molecule has 0 spiro atoms. The van der Waals surface area contributed by atoms with E-state index in [1.54, 1.807) is 12.1 Å². The molecular weight excluding hydrogens is 298 g/mol. The number of Topliss-reactive ketones (excluding diaryl/α,β-unsaturated/α-hetero) is 1. The summed E-state index contributed by atoms with van der Waals surface area (Å²) < 4.78 is 0. The fourth-order valence-electron chi connectivity index (χ4n) is 2.46. The number of amides is 1. The van der Waals surface area contributed by atoms with Gasteiger partial charge in [0, 0.05) is 23.2 Å². The van der Waals surface area contributed by atoms with Crippen molar-refractivity contribution in [2.75, 3.05) is 5.32 Å². The van der Waals surface area contributed by atoms with Crippen LogP contribution in [0.4, 0.5) is 5.69 Å². The lowest BCUT2D eigenvalue weighted by Crippen LogP contribution is -2.12. The van der Waals surface area contributed by atoms with E-state index in [0.29, 0.717) is 23.2 Å². The summed E-state index contributed by atoms with van der Waals surface area (Å²) in [4.78, 5) is 24.5. The molecule has 0 aromatic heterocycles. The van der Waals surface area contributed by atoms with Crippen LogP contribution in [0.25, 0.3) is 0 Å². The van der Waals surface area contributed by atoms with Gasteiger partial charge in [-0.3, -0.25) is 9.59 Å². The highest BCUT2D eigenvalue weighted by molar-refractivity contribution is 6.04. The van der Waals surface area contributed by atoms with E-state index in [1.807, 2.05) is 72.8 Å². The lowest BCUT2D eigenvalue weighted by atomic mass is 10.0. The Morgan fingerprint density at radius 2 is 1.33 bits per heavy atom. The Kier molecular flexibility index (Phi) is 4.82. The molecule has 0 aliphatic rings. The number of ketones is 1. The molecule has 24 heavy (non-hydrogen) atoms. The minimum Gasteiger partial charge on any atom is -0.322 e. The third-order valence-corrected chi connectivity index (χ3v) is 3.68. The van der Waals surface area contributed by atoms with Crippen LogP contribution in [0, 0.1) is 0 Å². The van der Waals surface area contributed by atoms with Crippen LogP contribution in [0.15, 0.2) is 84.9 Å². The normalized spacial score (nSPS) is 10.2. The summed E-state index contributed by atoms with van der Waals surface area (Å²) in [7, 11) is 0. The van der Waals surface area contributed by atoms with Gasteiger partial charge in [0.1, 0.15) is 0 Å². The topological polar surface area (TPSA) is 46.2 Å². The average Bonchev–Trinajstić information content (AvgIpc) is 2.63. The van der Waals surface area contributed by atoms with Gasteiger partial charge in [-0.05, 0) is 29.8 Å². The van der Waals surface area contributed by atoms with E-state index in [0.717, 1.165) is 5.56 Å². The lowest BCUT2D eigenvalue weighted by molar-refractivity contribution is 0.0991. The number of hydrogen-bond acceptors (Lipinski definition) is 2. The quantitative estimate of drug-likeness (QED) is 0.711. The Labute approximate surface area is 141 Å². The van der Waals surface area contributed by atoms with Gasteiger partial charge < -0.3 is 5.32 Å². The van der Waals surface area contributed by atoms with Gasteiger partial charge in [0.05, 0.1) is 0 Å². The zero-order valence-electron chi connectivity index (χ0n) is 13.1. The van der Waals surface area contributed by atoms with Crippen LogP contribution in [0.2, 0.25) is 0 Å². The summed E-state index contributed by atoms with van der Waals surface area (Å²) in [6, 6.07) is 25.6. The third-order valence-electron chi connectivity index (χ3n) is 3.68. The summed E-state index contributed by atoms with van der Waals surface area (Å²) in [5.41, 5.74) is 2.84. The molecule has 0 bridgehead atoms. The van der Waals surface area contributed by atoms with Crippen LogP contribution in [0.1, 0.15) is 26.3 Å². The maximum Gasteiger partial charge on any atom is 0.255 e. The summed E-state index contributed by atoms with van der Waals surface area (Å²) in [6.45, 7) is 0. The lowest BCUT2D eigenvalue weighted by Gasteiger charge is -2.07. The molecule has 1 amide bonds. The monoisotopic (exact) mass is 315 g/mol. The summed E-state index contributed by atoms with van der Waals surface area (Å²) in [5, 5.41) is 2.86. The van der Waals surface area contributed by atoms with Crippen LogP contribution in [-0.2, 0) is 6.42 Å². The van der Waals surface area contributed by atoms with Crippen molar-refractivity contribution in [3.05, 3.63) is 102 Å². The van der Waals surface area contributed by atoms with Gasteiger partial charge in [-0.15, -0.1) is 0 Å². The second-order valence-corrected chi connectivity index (χ2v) is 5.49. The molecule has 0 atom stereocenters. The van der Waals surface area contributed by atoms with E-state index < -0.39 is 0 Å². The first-order chi connectivity index (χ1) is 11.7. The van der Waals surface area contributed by atoms with Gasteiger partial charge in [0.2, 0.25) is 0 Å². The predicted octanol–water partition coefficient (Wildman–Crippen LogP) is 4.36. The molecule has 3 rings (SSSR count). The number of hydrogen-bond donors (Lipinski definition) is 1. The zero-order valence-corrected chi connectivity index (χ0v) is 13.1. The first-order valence-electron chi connectivity index (χ1n) is 7.76. The van der Waals surface area contributed by atoms with E-state index in [9.17, 15) is 9.59 Å². The molecule has 0 heterocycles. The number of rotatable bonds is 5. The van der Waals surface area contributed by atoms with E-state index in [1.165, 1.54) is 0 Å². The number of carbonyl (C=O) groups is 2. The fourth-order valence-corrected chi connectivity index (χ4v) is 2.46. The highest BCUT2D eigenvalue weighted by Gasteiger charge is 2.09. The van der Waals surface area contributed by atoms with Crippen molar-refractivity contribution in [1.82, 2.24) is 0 Å². The number of anilines is 1. The number of benzene rings is 3. The molecule has 3 aromatic carbocycles. The maximum absolute atomic E-state index is 12.3. The van der Waals surface area contributed by atoms with Gasteiger partial charge in [-0.1, -0.05) is 60.7 Å². The summed E-state index contributed by atoms with van der Waals surface area (Å²) in [5.74, 6) is -0.107. The van der Waals surface area contributed by atoms with Crippen molar-refractivity contribution in [3.8, 4) is 0 Å². The Bertz CT molecular complexity index is 773. The maximum atomic E-state index is 12.3. The van der Waals surface area contributed by atoms with Crippen molar-refractivity contribution in [2.45, 2.75) is 6.42 Å². The molecule has 0 saturated heterocycles. The fraction of sp³-hybridized carbons (Fsp3) is 0.0476. The second kappa shape index (κ2) is 7.38. The molecule has 3 nitrogen and oxygen atoms in total. The number of carbonyl (C=O) groups excluding carboxylic acids is 2. The highest BCUT2D eigenvalue weighted by Crippen LogP contribution is 2.14. The Balaban J connectivity index is 1.70. The van der Waals surface area contributed by atoms with Crippen LogP contribution in [0.3, 0.4) is 0 Å². The molecule has 118 valence electrons. The van der Waals surface area contributed by atoms with Gasteiger partial charge >= 0.3 is 0 Å². The van der Waals surface area contributed by atoms with E-state index in [2.05, 4.69) is 5.32 Å². The van der Waals surface area contributed by atoms with Gasteiger partial charge in [0.25, 0.3) is 5.91 Å². The molecular formula is C21H17NO2. The Morgan fingerprint density at radius 3 is 2.00 bits per heavy atom. The molecule has 1 N–H and O–H groups in total. The molecule has 0 saturated carbocycles. The Morgan fingerprint density at radius 1 is 0.708 bits per heavy atom. The zero-order chi connectivity index (χ0) is 16.8. The average molecular weight is 315 g/mol. The SMILES string of the molecule is O=C(Cc1cccc(NC(=O)c2ccccc2)c1)c1ccccc1. The van der Waals surface area contributed by atoms with Gasteiger partial charge in [-0.25, -0.2) is 0 Å². The first-order valence-corrected chi connectivity index (χ1v) is 7.76. The van der Waals surface area contributed by atoms with Crippen LogP contribution >= 0.6 is 0 Å². The predicted molar refractivity (Wildman–Crippen MR) is 95.3 cm³/mol. The number of nitrogens with one attached hydrogen (secondary N) is 1. The minimum absolute atomic E-state index is 0.0575. The molecule has 3 heteroatoms. The first kappa shape index (κ1) is 15.7. The largest absolute Gasteiger partial charge is 0.322 e. The van der Waals surface area contributed by atoms with Crippen molar-refractivity contribution >= 4 is 17.4 Å². The van der Waals surface area contributed by atoms with Gasteiger partial charge in [0.15, 0.2) is 5.78 Å². The van der Waals surface area contributed by atoms with E-state index in [-0.39, 0.29) is 11.7 Å². The van der Waals surface area contributed by atoms with Gasteiger partial charge in [-0.2, -0.15) is 0 Å². The molecule has 0 radical (unpaired) electrons. The third kappa shape index (κ3) is 3.96. The van der Waals surface area contributed by atoms with Crippen LogP contribution in [0.5, 0.6) is 0 Å². The standard InChI is InChI=1S/C21H17NO2/c23-20(17-9-3-1-4-10-17)15-16-8-7-13-19(14-16)22-21(24)18-11-5-2-6-12-18/h1-14H,15H2,(H,22,24). The van der Waals surface area contributed by atoms with Crippen LogP contribution < -0.4 is 5.32 Å². The highest BCUT2D eigenvalue weighted by atomic mass is 16.1. The molecule has 0 fully saturated rings.